The SMILES string of the molecule is IN1CC2CCCCCCCC2C1. The van der Waals surface area contributed by atoms with Gasteiger partial charge in [-0.05, 0) is 24.7 Å². The molecule has 2 atom stereocenters. The molecular weight excluding hydrogens is 273 g/mol. The van der Waals surface area contributed by atoms with Crippen molar-refractivity contribution >= 4 is 22.9 Å². The van der Waals surface area contributed by atoms with Gasteiger partial charge in [-0.25, -0.2) is 3.11 Å². The summed E-state index contributed by atoms with van der Waals surface area (Å²) in [5, 5.41) is 0. The standard InChI is InChI=1S/C11H20IN/c12-13-8-10-6-4-2-1-3-5-7-11(10)9-13/h10-11H,1-9H2. The smallest absolute Gasteiger partial charge is 0.0201 e. The Balaban J connectivity index is 1.90. The van der Waals surface area contributed by atoms with Gasteiger partial charge in [-0.3, -0.25) is 0 Å². The summed E-state index contributed by atoms with van der Waals surface area (Å²) in [4.78, 5) is 0. The Labute approximate surface area is 95.8 Å². The Morgan fingerprint density at radius 2 is 1.23 bits per heavy atom. The van der Waals surface area contributed by atoms with E-state index < -0.39 is 0 Å². The van der Waals surface area contributed by atoms with Crippen LogP contribution in [0.25, 0.3) is 0 Å². The minimum absolute atomic E-state index is 1.04. The monoisotopic (exact) mass is 293 g/mol. The first-order valence-corrected chi connectivity index (χ1v) is 6.73. The first-order chi connectivity index (χ1) is 6.36. The topological polar surface area (TPSA) is 3.24 Å². The van der Waals surface area contributed by atoms with Gasteiger partial charge in [0, 0.05) is 36.0 Å². The molecule has 0 aromatic rings. The second-order valence-electron chi connectivity index (χ2n) is 4.69. The predicted molar refractivity (Wildman–Crippen MR) is 64.9 cm³/mol. The van der Waals surface area contributed by atoms with Crippen LogP contribution in [0.4, 0.5) is 0 Å². The normalized spacial score (nSPS) is 37.6. The van der Waals surface area contributed by atoms with Crippen LogP contribution in [0.5, 0.6) is 0 Å². The molecule has 0 N–H and O–H groups in total. The fourth-order valence-electron chi connectivity index (χ4n) is 2.88. The number of hydrogen-bond acceptors (Lipinski definition) is 1. The molecule has 76 valence electrons. The van der Waals surface area contributed by atoms with E-state index in [4.69, 9.17) is 0 Å². The van der Waals surface area contributed by atoms with Crippen LogP contribution < -0.4 is 0 Å². The molecule has 2 rings (SSSR count). The molecule has 1 saturated carbocycles. The summed E-state index contributed by atoms with van der Waals surface area (Å²) >= 11 is 2.51. The van der Waals surface area contributed by atoms with Gasteiger partial charge in [-0.1, -0.05) is 32.1 Å². The summed E-state index contributed by atoms with van der Waals surface area (Å²) in [7, 11) is 0. The van der Waals surface area contributed by atoms with Gasteiger partial charge in [0.15, 0.2) is 0 Å². The molecule has 0 amide bonds. The minimum Gasteiger partial charge on any atom is -0.247 e. The summed E-state index contributed by atoms with van der Waals surface area (Å²) in [6.07, 6.45) is 10.5. The van der Waals surface area contributed by atoms with Crippen molar-refractivity contribution in [2.45, 2.75) is 44.9 Å². The zero-order valence-corrected chi connectivity index (χ0v) is 10.5. The molecule has 0 radical (unpaired) electrons. The quantitative estimate of drug-likeness (QED) is 0.487. The van der Waals surface area contributed by atoms with Gasteiger partial charge in [-0.15, -0.1) is 0 Å². The van der Waals surface area contributed by atoms with Crippen LogP contribution in [0.2, 0.25) is 0 Å². The molecule has 2 aliphatic rings. The lowest BCUT2D eigenvalue weighted by atomic mass is 9.89. The second kappa shape index (κ2) is 4.96. The van der Waals surface area contributed by atoms with E-state index in [0.717, 1.165) is 11.8 Å². The minimum atomic E-state index is 1.04. The van der Waals surface area contributed by atoms with Gasteiger partial charge in [-0.2, -0.15) is 0 Å². The molecule has 2 fully saturated rings. The lowest BCUT2D eigenvalue weighted by molar-refractivity contribution is 0.366. The van der Waals surface area contributed by atoms with Gasteiger partial charge in [0.1, 0.15) is 0 Å². The van der Waals surface area contributed by atoms with Crippen LogP contribution in [0, 0.1) is 11.8 Å². The Hall–Kier alpha value is 0.690. The van der Waals surface area contributed by atoms with E-state index in [1.165, 1.54) is 58.0 Å². The van der Waals surface area contributed by atoms with Crippen molar-refractivity contribution in [3.63, 3.8) is 0 Å². The number of fused-ring (bicyclic) bond motifs is 1. The summed E-state index contributed by atoms with van der Waals surface area (Å²) < 4.78 is 2.51. The zero-order valence-electron chi connectivity index (χ0n) is 8.34. The highest BCUT2D eigenvalue weighted by atomic mass is 127. The van der Waals surface area contributed by atoms with Crippen LogP contribution >= 0.6 is 22.9 Å². The number of rotatable bonds is 0. The van der Waals surface area contributed by atoms with E-state index in [1.807, 2.05) is 0 Å². The van der Waals surface area contributed by atoms with Crippen molar-refractivity contribution in [1.29, 1.82) is 0 Å². The molecule has 0 aromatic heterocycles. The number of halogens is 1. The molecule has 13 heavy (non-hydrogen) atoms. The maximum absolute atomic E-state index is 2.51. The van der Waals surface area contributed by atoms with Gasteiger partial charge >= 0.3 is 0 Å². The third-order valence-electron chi connectivity index (χ3n) is 3.68. The van der Waals surface area contributed by atoms with E-state index in [2.05, 4.69) is 26.0 Å². The summed E-state index contributed by atoms with van der Waals surface area (Å²) in [6, 6.07) is 0. The highest BCUT2D eigenvalue weighted by Gasteiger charge is 2.30. The van der Waals surface area contributed by atoms with Gasteiger partial charge in [0.25, 0.3) is 0 Å². The van der Waals surface area contributed by atoms with E-state index in [-0.39, 0.29) is 0 Å². The molecule has 0 bridgehead atoms. The fourth-order valence-corrected chi connectivity index (χ4v) is 3.89. The van der Waals surface area contributed by atoms with Crippen molar-refractivity contribution in [2.24, 2.45) is 11.8 Å². The first kappa shape index (κ1) is 10.2. The van der Waals surface area contributed by atoms with Crippen LogP contribution in [-0.4, -0.2) is 16.2 Å². The average molecular weight is 293 g/mol. The molecule has 1 saturated heterocycles. The molecule has 1 aliphatic carbocycles. The molecule has 0 spiro atoms. The lowest BCUT2D eigenvalue weighted by Gasteiger charge is -2.15. The van der Waals surface area contributed by atoms with Gasteiger partial charge in [0.05, 0.1) is 0 Å². The molecular formula is C11H20IN. The molecule has 1 heterocycles. The molecule has 2 unspecified atom stereocenters. The Kier molecular flexibility index (Phi) is 3.90. The Morgan fingerprint density at radius 3 is 1.77 bits per heavy atom. The van der Waals surface area contributed by atoms with Crippen LogP contribution in [0.15, 0.2) is 0 Å². The highest BCUT2D eigenvalue weighted by Crippen LogP contribution is 2.34. The number of hydrogen-bond donors (Lipinski definition) is 0. The fraction of sp³-hybridized carbons (Fsp3) is 1.00. The van der Waals surface area contributed by atoms with Crippen molar-refractivity contribution < 1.29 is 0 Å². The van der Waals surface area contributed by atoms with Crippen molar-refractivity contribution in [2.75, 3.05) is 13.1 Å². The van der Waals surface area contributed by atoms with E-state index in [9.17, 15) is 0 Å². The number of nitrogens with zero attached hydrogens (tertiary/aromatic N) is 1. The van der Waals surface area contributed by atoms with Gasteiger partial charge < -0.3 is 0 Å². The van der Waals surface area contributed by atoms with E-state index in [0.29, 0.717) is 0 Å². The Morgan fingerprint density at radius 1 is 0.769 bits per heavy atom. The first-order valence-electron chi connectivity index (χ1n) is 5.77. The maximum atomic E-state index is 2.51. The summed E-state index contributed by atoms with van der Waals surface area (Å²) in [6.45, 7) is 2.73. The molecule has 1 aliphatic heterocycles. The zero-order chi connectivity index (χ0) is 9.10. The van der Waals surface area contributed by atoms with Crippen molar-refractivity contribution in [3.05, 3.63) is 0 Å². The lowest BCUT2D eigenvalue weighted by Crippen LogP contribution is -2.11. The second-order valence-corrected chi connectivity index (χ2v) is 6.06. The van der Waals surface area contributed by atoms with Crippen LogP contribution in [-0.2, 0) is 0 Å². The Bertz CT molecular complexity index is 144. The average Bonchev–Trinajstić information content (AvgIpc) is 2.46. The van der Waals surface area contributed by atoms with Crippen LogP contribution in [0.1, 0.15) is 44.9 Å². The van der Waals surface area contributed by atoms with Crippen molar-refractivity contribution in [3.8, 4) is 0 Å². The van der Waals surface area contributed by atoms with E-state index in [1.54, 1.807) is 0 Å². The molecule has 2 heteroatoms. The van der Waals surface area contributed by atoms with Crippen LogP contribution in [0.3, 0.4) is 0 Å². The predicted octanol–water partition coefficient (Wildman–Crippen LogP) is 3.63. The van der Waals surface area contributed by atoms with Gasteiger partial charge in [0.2, 0.25) is 0 Å². The molecule has 1 nitrogen and oxygen atoms in total. The summed E-state index contributed by atoms with van der Waals surface area (Å²) in [5.74, 6) is 2.07. The highest BCUT2D eigenvalue weighted by molar-refractivity contribution is 14.1. The summed E-state index contributed by atoms with van der Waals surface area (Å²) in [5.41, 5.74) is 0. The maximum Gasteiger partial charge on any atom is 0.0201 e. The van der Waals surface area contributed by atoms with Crippen molar-refractivity contribution in [1.82, 2.24) is 3.11 Å². The third-order valence-corrected chi connectivity index (χ3v) is 4.47. The largest absolute Gasteiger partial charge is 0.247 e. The third kappa shape index (κ3) is 2.82. The van der Waals surface area contributed by atoms with E-state index >= 15 is 0 Å². The molecule has 0 aromatic carbocycles.